The van der Waals surface area contributed by atoms with Crippen LogP contribution >= 0.6 is 0 Å². The van der Waals surface area contributed by atoms with E-state index in [1.807, 2.05) is 44.2 Å². The van der Waals surface area contributed by atoms with Gasteiger partial charge in [0.05, 0.1) is 38.1 Å². The Morgan fingerprint density at radius 1 is 1.03 bits per heavy atom. The summed E-state index contributed by atoms with van der Waals surface area (Å²) in [6, 6.07) is 10.5. The molecule has 7 nitrogen and oxygen atoms in total. The molecular formula is C23H25N3O4. The molecular weight excluding hydrogens is 382 g/mol. The molecule has 0 radical (unpaired) electrons. The van der Waals surface area contributed by atoms with Crippen LogP contribution in [-0.2, 0) is 4.79 Å². The van der Waals surface area contributed by atoms with E-state index in [9.17, 15) is 9.59 Å². The number of likely N-dealkylation sites (N-methyl/N-ethyl adjacent to an activating group) is 1. The molecule has 4 rings (SSSR count). The van der Waals surface area contributed by atoms with Gasteiger partial charge in [0, 0.05) is 18.3 Å². The van der Waals surface area contributed by atoms with Crippen LogP contribution in [0.4, 0.5) is 10.5 Å². The zero-order valence-electron chi connectivity index (χ0n) is 17.8. The molecule has 0 saturated heterocycles. The number of ether oxygens (including phenoxy) is 2. The minimum absolute atomic E-state index is 0.130. The Hall–Kier alpha value is -3.48. The molecule has 0 aromatic heterocycles. The third kappa shape index (κ3) is 2.98. The number of aryl methyl sites for hydroxylation is 2. The van der Waals surface area contributed by atoms with Gasteiger partial charge in [0.1, 0.15) is 0 Å². The predicted octanol–water partition coefficient (Wildman–Crippen LogP) is 3.32. The van der Waals surface area contributed by atoms with E-state index in [0.29, 0.717) is 34.9 Å². The number of nitrogens with zero attached hydrogens (tertiary/aromatic N) is 2. The van der Waals surface area contributed by atoms with Gasteiger partial charge in [-0.05, 0) is 43.2 Å². The van der Waals surface area contributed by atoms with E-state index in [1.165, 1.54) is 4.90 Å². The number of nitrogens with one attached hydrogen (secondary N) is 1. The maximum Gasteiger partial charge on any atom is 0.322 e. The Kier molecular flexibility index (Phi) is 4.89. The number of amides is 3. The first-order valence-corrected chi connectivity index (χ1v) is 9.74. The minimum Gasteiger partial charge on any atom is -0.493 e. The van der Waals surface area contributed by atoms with Crippen LogP contribution in [-0.4, -0.2) is 44.7 Å². The number of anilines is 1. The SMILES string of the molecule is COc1cccc([C@@H]2NC(=O)N(C)C3=C2C(=O)N(c2ccc(C)c(C)c2)C3)c1OC. The zero-order chi connectivity index (χ0) is 21.6. The summed E-state index contributed by atoms with van der Waals surface area (Å²) >= 11 is 0. The molecule has 2 aliphatic rings. The van der Waals surface area contributed by atoms with Gasteiger partial charge in [-0.2, -0.15) is 0 Å². The Balaban J connectivity index is 1.81. The first-order valence-electron chi connectivity index (χ1n) is 9.74. The van der Waals surface area contributed by atoms with E-state index in [-0.39, 0.29) is 11.9 Å². The van der Waals surface area contributed by atoms with Crippen molar-refractivity contribution >= 4 is 17.6 Å². The highest BCUT2D eigenvalue weighted by Crippen LogP contribution is 2.43. The molecule has 0 fully saturated rings. The van der Waals surface area contributed by atoms with Gasteiger partial charge in [-0.1, -0.05) is 18.2 Å². The summed E-state index contributed by atoms with van der Waals surface area (Å²) in [7, 11) is 4.79. The van der Waals surface area contributed by atoms with E-state index >= 15 is 0 Å². The summed E-state index contributed by atoms with van der Waals surface area (Å²) < 4.78 is 11.0. The van der Waals surface area contributed by atoms with Crippen LogP contribution in [0.1, 0.15) is 22.7 Å². The molecule has 0 bridgehead atoms. The second kappa shape index (κ2) is 7.40. The van der Waals surface area contributed by atoms with Crippen LogP contribution in [0, 0.1) is 13.8 Å². The molecule has 156 valence electrons. The Morgan fingerprint density at radius 2 is 1.80 bits per heavy atom. The number of para-hydroxylation sites is 1. The Bertz CT molecular complexity index is 1080. The van der Waals surface area contributed by atoms with Crippen LogP contribution in [0.5, 0.6) is 11.5 Å². The molecule has 7 heteroatoms. The van der Waals surface area contributed by atoms with Crippen molar-refractivity contribution in [3.05, 3.63) is 64.4 Å². The molecule has 3 amide bonds. The summed E-state index contributed by atoms with van der Waals surface area (Å²) in [6.45, 7) is 4.40. The quantitative estimate of drug-likeness (QED) is 0.844. The lowest BCUT2D eigenvalue weighted by atomic mass is 9.94. The van der Waals surface area contributed by atoms with E-state index in [4.69, 9.17) is 9.47 Å². The third-order valence-electron chi connectivity index (χ3n) is 5.91. The van der Waals surface area contributed by atoms with Crippen molar-refractivity contribution in [3.63, 3.8) is 0 Å². The number of methoxy groups -OCH3 is 2. The van der Waals surface area contributed by atoms with Crippen LogP contribution in [0.25, 0.3) is 0 Å². The van der Waals surface area contributed by atoms with Crippen molar-refractivity contribution in [2.24, 2.45) is 0 Å². The monoisotopic (exact) mass is 407 g/mol. The number of hydrogen-bond donors (Lipinski definition) is 1. The third-order valence-corrected chi connectivity index (χ3v) is 5.91. The van der Waals surface area contributed by atoms with Gasteiger partial charge in [0.2, 0.25) is 0 Å². The average Bonchev–Trinajstić information content (AvgIpc) is 3.09. The summed E-state index contributed by atoms with van der Waals surface area (Å²) in [4.78, 5) is 29.5. The number of urea groups is 1. The fraction of sp³-hybridized carbons (Fsp3) is 0.304. The van der Waals surface area contributed by atoms with Crippen molar-refractivity contribution < 1.29 is 19.1 Å². The molecule has 0 spiro atoms. The largest absolute Gasteiger partial charge is 0.493 e. The second-order valence-corrected chi connectivity index (χ2v) is 7.54. The summed E-state index contributed by atoms with van der Waals surface area (Å²) in [5.41, 5.74) is 5.00. The minimum atomic E-state index is -0.627. The molecule has 1 atom stereocenters. The highest BCUT2D eigenvalue weighted by molar-refractivity contribution is 6.12. The number of carbonyl (C=O) groups excluding carboxylic acids is 2. The molecule has 0 unspecified atom stereocenters. The molecule has 0 saturated carbocycles. The van der Waals surface area contributed by atoms with Crippen LogP contribution in [0.15, 0.2) is 47.7 Å². The topological polar surface area (TPSA) is 71.1 Å². The van der Waals surface area contributed by atoms with Gasteiger partial charge >= 0.3 is 6.03 Å². The van der Waals surface area contributed by atoms with Crippen molar-refractivity contribution in [2.75, 3.05) is 32.7 Å². The molecule has 1 N–H and O–H groups in total. The number of benzene rings is 2. The Labute approximate surface area is 175 Å². The first kappa shape index (κ1) is 19.8. The van der Waals surface area contributed by atoms with Crippen LogP contribution in [0.3, 0.4) is 0 Å². The number of carbonyl (C=O) groups is 2. The molecule has 2 aliphatic heterocycles. The van der Waals surface area contributed by atoms with E-state index < -0.39 is 6.04 Å². The average molecular weight is 407 g/mol. The molecule has 30 heavy (non-hydrogen) atoms. The van der Waals surface area contributed by atoms with Gasteiger partial charge in [-0.15, -0.1) is 0 Å². The van der Waals surface area contributed by atoms with Crippen LogP contribution < -0.4 is 19.7 Å². The van der Waals surface area contributed by atoms with Gasteiger partial charge < -0.3 is 19.7 Å². The van der Waals surface area contributed by atoms with Crippen molar-refractivity contribution in [2.45, 2.75) is 19.9 Å². The number of rotatable bonds is 4. The zero-order valence-corrected chi connectivity index (χ0v) is 17.8. The van der Waals surface area contributed by atoms with Crippen molar-refractivity contribution in [1.29, 1.82) is 0 Å². The fourth-order valence-electron chi connectivity index (χ4n) is 4.04. The van der Waals surface area contributed by atoms with Gasteiger partial charge in [0.25, 0.3) is 5.91 Å². The smallest absolute Gasteiger partial charge is 0.322 e. The maximum atomic E-state index is 13.5. The maximum absolute atomic E-state index is 13.5. The summed E-state index contributed by atoms with van der Waals surface area (Å²) in [5, 5.41) is 2.95. The van der Waals surface area contributed by atoms with Gasteiger partial charge in [-0.3, -0.25) is 9.69 Å². The predicted molar refractivity (Wildman–Crippen MR) is 114 cm³/mol. The summed E-state index contributed by atoms with van der Waals surface area (Å²) in [6.07, 6.45) is 0. The normalized spacial score (nSPS) is 18.5. The first-order chi connectivity index (χ1) is 14.4. The Morgan fingerprint density at radius 3 is 2.47 bits per heavy atom. The highest BCUT2D eigenvalue weighted by Gasteiger charge is 2.44. The molecule has 2 aromatic rings. The van der Waals surface area contributed by atoms with E-state index in [1.54, 1.807) is 32.2 Å². The lowest BCUT2D eigenvalue weighted by molar-refractivity contribution is -0.114. The highest BCUT2D eigenvalue weighted by atomic mass is 16.5. The van der Waals surface area contributed by atoms with Crippen molar-refractivity contribution in [1.82, 2.24) is 10.2 Å². The lowest BCUT2D eigenvalue weighted by Gasteiger charge is -2.31. The molecule has 2 heterocycles. The van der Waals surface area contributed by atoms with E-state index in [2.05, 4.69) is 5.32 Å². The van der Waals surface area contributed by atoms with Gasteiger partial charge in [0.15, 0.2) is 11.5 Å². The summed E-state index contributed by atoms with van der Waals surface area (Å²) in [5.74, 6) is 0.913. The fourth-order valence-corrected chi connectivity index (χ4v) is 4.04. The molecule has 0 aliphatic carbocycles. The number of hydrogen-bond acceptors (Lipinski definition) is 4. The molecule has 2 aromatic carbocycles. The van der Waals surface area contributed by atoms with Crippen LogP contribution in [0.2, 0.25) is 0 Å². The second-order valence-electron chi connectivity index (χ2n) is 7.54. The standard InChI is InChI=1S/C23H25N3O4/c1-13-9-10-15(11-14(13)2)26-12-17-19(22(26)27)20(24-23(28)25(17)3)16-7-6-8-18(29-4)21(16)30-5/h6-11,20H,12H2,1-5H3,(H,24,28)/t20-/m0/s1. The van der Waals surface area contributed by atoms with Crippen molar-refractivity contribution in [3.8, 4) is 11.5 Å². The lowest BCUT2D eigenvalue weighted by Crippen LogP contribution is -2.45. The van der Waals surface area contributed by atoms with E-state index in [0.717, 1.165) is 16.8 Å². The van der Waals surface area contributed by atoms with Gasteiger partial charge in [-0.25, -0.2) is 4.79 Å².